The fraction of sp³-hybridized carbons (Fsp3) is 0. The molecule has 17 heavy (non-hydrogen) atoms. The van der Waals surface area contributed by atoms with Gasteiger partial charge in [-0.2, -0.15) is 0 Å². The number of nitrogens with two attached hydrogens (primary N) is 1. The molecule has 84 valence electrons. The molecule has 2 aromatic heterocycles. The predicted octanol–water partition coefficient (Wildman–Crippen LogP) is 3.02. The van der Waals surface area contributed by atoms with Crippen LogP contribution in [0.5, 0.6) is 0 Å². The number of nitrogen functional groups attached to an aromatic ring is 1. The summed E-state index contributed by atoms with van der Waals surface area (Å²) in [7, 11) is 0. The van der Waals surface area contributed by atoms with Crippen LogP contribution in [0.4, 0.5) is 17.2 Å². The molecule has 0 aliphatic rings. The summed E-state index contributed by atoms with van der Waals surface area (Å²) in [5.74, 6) is 0.828. The van der Waals surface area contributed by atoms with E-state index in [0.29, 0.717) is 0 Å². The first-order chi connectivity index (χ1) is 8.33. The summed E-state index contributed by atoms with van der Waals surface area (Å²) in [6, 6.07) is 9.55. The van der Waals surface area contributed by atoms with E-state index in [0.717, 1.165) is 27.4 Å². The van der Waals surface area contributed by atoms with Crippen LogP contribution in [-0.4, -0.2) is 9.97 Å². The molecule has 4 nitrogen and oxygen atoms in total. The van der Waals surface area contributed by atoms with E-state index in [9.17, 15) is 0 Å². The number of hydrogen-bond acceptors (Lipinski definition) is 5. The Balaban J connectivity index is 1.99. The molecule has 0 atom stereocenters. The van der Waals surface area contributed by atoms with E-state index in [4.69, 9.17) is 5.73 Å². The van der Waals surface area contributed by atoms with Crippen LogP contribution in [0.3, 0.4) is 0 Å². The van der Waals surface area contributed by atoms with Gasteiger partial charge < -0.3 is 11.1 Å². The minimum Gasteiger partial charge on any atom is -0.399 e. The van der Waals surface area contributed by atoms with Crippen molar-refractivity contribution in [1.29, 1.82) is 0 Å². The van der Waals surface area contributed by atoms with Gasteiger partial charge in [-0.05, 0) is 35.7 Å². The third kappa shape index (κ3) is 1.92. The van der Waals surface area contributed by atoms with Crippen LogP contribution in [0.1, 0.15) is 0 Å². The lowest BCUT2D eigenvalue weighted by atomic mass is 10.3. The van der Waals surface area contributed by atoms with E-state index in [2.05, 4.69) is 15.3 Å². The minimum atomic E-state index is 0.750. The molecular weight excluding hydrogens is 232 g/mol. The van der Waals surface area contributed by atoms with E-state index in [1.807, 2.05) is 35.7 Å². The number of aromatic nitrogens is 2. The van der Waals surface area contributed by atoms with Crippen molar-refractivity contribution < 1.29 is 0 Å². The number of benzene rings is 1. The summed E-state index contributed by atoms with van der Waals surface area (Å²) in [6.45, 7) is 0. The second-order valence-corrected chi connectivity index (χ2v) is 4.52. The van der Waals surface area contributed by atoms with Crippen molar-refractivity contribution in [1.82, 2.24) is 9.97 Å². The first kappa shape index (κ1) is 10.0. The molecule has 3 N–H and O–H groups in total. The fourth-order valence-corrected chi connectivity index (χ4v) is 2.37. The maximum Gasteiger partial charge on any atom is 0.151 e. The highest BCUT2D eigenvalue weighted by Gasteiger charge is 2.04. The zero-order valence-corrected chi connectivity index (χ0v) is 9.74. The van der Waals surface area contributed by atoms with Gasteiger partial charge in [0.1, 0.15) is 6.33 Å². The molecule has 0 spiro atoms. The van der Waals surface area contributed by atoms with E-state index < -0.39 is 0 Å². The van der Waals surface area contributed by atoms with Gasteiger partial charge in [-0.25, -0.2) is 9.97 Å². The highest BCUT2D eigenvalue weighted by Crippen LogP contribution is 2.27. The van der Waals surface area contributed by atoms with Gasteiger partial charge >= 0.3 is 0 Å². The molecule has 0 fully saturated rings. The Morgan fingerprint density at radius 1 is 1.06 bits per heavy atom. The first-order valence-corrected chi connectivity index (χ1v) is 6.02. The fourth-order valence-electron chi connectivity index (χ4n) is 1.58. The second kappa shape index (κ2) is 4.03. The monoisotopic (exact) mass is 242 g/mol. The largest absolute Gasteiger partial charge is 0.399 e. The Morgan fingerprint density at radius 3 is 2.71 bits per heavy atom. The van der Waals surface area contributed by atoms with Crippen LogP contribution in [-0.2, 0) is 0 Å². The van der Waals surface area contributed by atoms with Crippen molar-refractivity contribution in [3.05, 3.63) is 42.0 Å². The number of nitrogens with one attached hydrogen (secondary N) is 1. The molecule has 0 aliphatic carbocycles. The molecular formula is C12H10N4S. The lowest BCUT2D eigenvalue weighted by Gasteiger charge is -2.06. The molecule has 3 rings (SSSR count). The standard InChI is InChI=1S/C12H10N4S/c13-8-1-3-9(4-2-8)16-12-11-10(5-6-17-11)14-7-15-12/h1-7H,13H2,(H,14,15,16). The Labute approximate surface area is 102 Å². The molecule has 2 heterocycles. The second-order valence-electron chi connectivity index (χ2n) is 3.60. The number of fused-ring (bicyclic) bond motifs is 1. The summed E-state index contributed by atoms with van der Waals surface area (Å²) in [5.41, 5.74) is 8.32. The molecule has 3 aromatic rings. The minimum absolute atomic E-state index is 0.750. The number of rotatable bonds is 2. The van der Waals surface area contributed by atoms with Crippen LogP contribution in [0.25, 0.3) is 10.2 Å². The van der Waals surface area contributed by atoms with Crippen molar-refractivity contribution in [3.63, 3.8) is 0 Å². The highest BCUT2D eigenvalue weighted by atomic mass is 32.1. The van der Waals surface area contributed by atoms with Crippen LogP contribution >= 0.6 is 11.3 Å². The van der Waals surface area contributed by atoms with E-state index in [1.165, 1.54) is 0 Å². The van der Waals surface area contributed by atoms with Crippen molar-refractivity contribution in [3.8, 4) is 0 Å². The first-order valence-electron chi connectivity index (χ1n) is 5.14. The van der Waals surface area contributed by atoms with E-state index in [1.54, 1.807) is 17.7 Å². The van der Waals surface area contributed by atoms with Gasteiger partial charge in [0.05, 0.1) is 10.2 Å². The molecule has 0 aliphatic heterocycles. The quantitative estimate of drug-likeness (QED) is 0.678. The van der Waals surface area contributed by atoms with Crippen LogP contribution in [0, 0.1) is 0 Å². The maximum atomic E-state index is 5.64. The average Bonchev–Trinajstić information content (AvgIpc) is 2.81. The normalized spacial score (nSPS) is 10.6. The summed E-state index contributed by atoms with van der Waals surface area (Å²) < 4.78 is 1.06. The zero-order chi connectivity index (χ0) is 11.7. The molecule has 0 bridgehead atoms. The lowest BCUT2D eigenvalue weighted by molar-refractivity contribution is 1.23. The van der Waals surface area contributed by atoms with E-state index >= 15 is 0 Å². The molecule has 0 amide bonds. The Hall–Kier alpha value is -2.14. The third-order valence-electron chi connectivity index (χ3n) is 2.42. The lowest BCUT2D eigenvalue weighted by Crippen LogP contribution is -1.94. The summed E-state index contributed by atoms with van der Waals surface area (Å²) in [4.78, 5) is 8.45. The Bertz CT molecular complexity index is 645. The summed E-state index contributed by atoms with van der Waals surface area (Å²) in [5, 5.41) is 5.27. The van der Waals surface area contributed by atoms with Crippen LogP contribution in [0.2, 0.25) is 0 Å². The van der Waals surface area contributed by atoms with Crippen LogP contribution < -0.4 is 11.1 Å². The third-order valence-corrected chi connectivity index (χ3v) is 3.33. The predicted molar refractivity (Wildman–Crippen MR) is 71.6 cm³/mol. The number of hydrogen-bond donors (Lipinski definition) is 2. The Morgan fingerprint density at radius 2 is 1.88 bits per heavy atom. The molecule has 0 saturated carbocycles. The number of nitrogens with zero attached hydrogens (tertiary/aromatic N) is 2. The molecule has 0 saturated heterocycles. The van der Waals surface area contributed by atoms with Crippen LogP contribution in [0.15, 0.2) is 42.0 Å². The maximum absolute atomic E-state index is 5.64. The van der Waals surface area contributed by atoms with Gasteiger partial charge in [0, 0.05) is 11.4 Å². The van der Waals surface area contributed by atoms with E-state index in [-0.39, 0.29) is 0 Å². The smallest absolute Gasteiger partial charge is 0.151 e. The van der Waals surface area contributed by atoms with Crippen molar-refractivity contribution in [2.24, 2.45) is 0 Å². The van der Waals surface area contributed by atoms with Gasteiger partial charge in [-0.1, -0.05) is 0 Å². The van der Waals surface area contributed by atoms with Gasteiger partial charge in [0.25, 0.3) is 0 Å². The average molecular weight is 242 g/mol. The van der Waals surface area contributed by atoms with Crippen molar-refractivity contribution in [2.45, 2.75) is 0 Å². The molecule has 1 aromatic carbocycles. The number of anilines is 3. The van der Waals surface area contributed by atoms with Gasteiger partial charge in [-0.3, -0.25) is 0 Å². The molecule has 5 heteroatoms. The van der Waals surface area contributed by atoms with Crippen molar-refractivity contribution >= 4 is 38.7 Å². The zero-order valence-electron chi connectivity index (χ0n) is 8.92. The molecule has 0 unspecified atom stereocenters. The van der Waals surface area contributed by atoms with Crippen molar-refractivity contribution in [2.75, 3.05) is 11.1 Å². The van der Waals surface area contributed by atoms with Gasteiger partial charge in [0.15, 0.2) is 5.82 Å². The molecule has 0 radical (unpaired) electrons. The van der Waals surface area contributed by atoms with Gasteiger partial charge in [0.2, 0.25) is 0 Å². The highest BCUT2D eigenvalue weighted by molar-refractivity contribution is 7.17. The van der Waals surface area contributed by atoms with Gasteiger partial charge in [-0.15, -0.1) is 11.3 Å². The summed E-state index contributed by atoms with van der Waals surface area (Å²) >= 11 is 1.62. The topological polar surface area (TPSA) is 63.8 Å². The number of thiophene rings is 1. The SMILES string of the molecule is Nc1ccc(Nc2ncnc3ccsc23)cc1. The Kier molecular flexibility index (Phi) is 2.38. The summed E-state index contributed by atoms with van der Waals surface area (Å²) in [6.07, 6.45) is 1.56.